The molecule has 2 unspecified atom stereocenters. The highest BCUT2D eigenvalue weighted by Crippen LogP contribution is 2.48. The number of rotatable bonds is 2. The van der Waals surface area contributed by atoms with Crippen LogP contribution in [0.2, 0.25) is 0 Å². The Morgan fingerprint density at radius 3 is 2.43 bits per heavy atom. The third kappa shape index (κ3) is 2.15. The summed E-state index contributed by atoms with van der Waals surface area (Å²) in [7, 11) is 0. The molecule has 23 heavy (non-hydrogen) atoms. The molecule has 2 aliphatic heterocycles. The van der Waals surface area contributed by atoms with Crippen molar-refractivity contribution < 1.29 is 35.4 Å². The zero-order chi connectivity index (χ0) is 17.0. The van der Waals surface area contributed by atoms with Crippen LogP contribution in [0.1, 0.15) is 5.56 Å². The Balaban J connectivity index is 2.13. The van der Waals surface area contributed by atoms with E-state index >= 15 is 0 Å². The smallest absolute Gasteiger partial charge is 0.184 e. The van der Waals surface area contributed by atoms with E-state index < -0.39 is 41.4 Å². The van der Waals surface area contributed by atoms with Gasteiger partial charge in [-0.25, -0.2) is 0 Å². The monoisotopic (exact) mass is 345 g/mol. The fraction of sp³-hybridized carbons (Fsp3) is 0.500. The van der Waals surface area contributed by atoms with Crippen molar-refractivity contribution in [1.82, 2.24) is 0 Å². The standard InChI is InChI=1S/C14H16ClNO7/c15-11(19)8-9(17)14(22,10(18)12(20)23-8)13(21)5-16-7-4-2-1-3-6(7)13/h1-5,8-12,17-22H/t8-,9+,10+,11?,12-,13?,14-/m0/s1. The summed E-state index contributed by atoms with van der Waals surface area (Å²) in [6, 6.07) is 6.25. The van der Waals surface area contributed by atoms with Gasteiger partial charge in [-0.1, -0.05) is 29.8 Å². The summed E-state index contributed by atoms with van der Waals surface area (Å²) in [4.78, 5) is 3.96. The molecule has 1 fully saturated rings. The maximum Gasteiger partial charge on any atom is 0.184 e. The first kappa shape index (κ1) is 16.7. The van der Waals surface area contributed by atoms with E-state index in [0.29, 0.717) is 5.69 Å². The first-order valence-corrected chi connectivity index (χ1v) is 7.28. The minimum absolute atomic E-state index is 0.123. The average Bonchev–Trinajstić information content (AvgIpc) is 2.88. The summed E-state index contributed by atoms with van der Waals surface area (Å²) < 4.78 is 4.82. The summed E-state index contributed by atoms with van der Waals surface area (Å²) in [6.45, 7) is 0. The van der Waals surface area contributed by atoms with Gasteiger partial charge in [0.1, 0.15) is 18.3 Å². The second-order valence-electron chi connectivity index (χ2n) is 5.62. The lowest BCUT2D eigenvalue weighted by Gasteiger charge is -2.52. The summed E-state index contributed by atoms with van der Waals surface area (Å²) in [5.41, 5.74) is -6.39. The molecule has 0 radical (unpaired) electrons. The van der Waals surface area contributed by atoms with Gasteiger partial charge in [-0.15, -0.1) is 0 Å². The third-order valence-electron chi connectivity index (χ3n) is 4.37. The van der Waals surface area contributed by atoms with Crippen molar-refractivity contribution in [3.8, 4) is 0 Å². The number of halogens is 1. The van der Waals surface area contributed by atoms with Crippen LogP contribution in [0.3, 0.4) is 0 Å². The first-order valence-electron chi connectivity index (χ1n) is 6.84. The van der Waals surface area contributed by atoms with Crippen molar-refractivity contribution in [1.29, 1.82) is 0 Å². The Labute approximate surface area is 135 Å². The molecule has 2 aliphatic rings. The summed E-state index contributed by atoms with van der Waals surface area (Å²) in [6.07, 6.45) is -6.79. The van der Waals surface area contributed by atoms with Crippen molar-refractivity contribution in [2.24, 2.45) is 4.99 Å². The van der Waals surface area contributed by atoms with Gasteiger partial charge < -0.3 is 35.4 Å². The second-order valence-corrected chi connectivity index (χ2v) is 6.07. The molecule has 9 heteroatoms. The summed E-state index contributed by atoms with van der Waals surface area (Å²) in [5, 5.41) is 61.8. The van der Waals surface area contributed by atoms with Crippen molar-refractivity contribution >= 4 is 23.5 Å². The molecular weight excluding hydrogens is 330 g/mol. The number of nitrogens with zero attached hydrogens (tertiary/aromatic N) is 1. The van der Waals surface area contributed by atoms with Crippen LogP contribution in [0, 0.1) is 0 Å². The number of aliphatic hydroxyl groups is 6. The molecule has 126 valence electrons. The van der Waals surface area contributed by atoms with E-state index in [1.165, 1.54) is 6.07 Å². The number of aliphatic imine (C=N–C) groups is 1. The summed E-state index contributed by atoms with van der Waals surface area (Å²) >= 11 is 5.50. The molecule has 0 spiro atoms. The largest absolute Gasteiger partial charge is 0.387 e. The molecule has 1 aromatic carbocycles. The normalized spacial score (nSPS) is 44.1. The zero-order valence-electron chi connectivity index (χ0n) is 11.7. The van der Waals surface area contributed by atoms with Crippen molar-refractivity contribution in [3.63, 3.8) is 0 Å². The Bertz CT molecular complexity index is 641. The van der Waals surface area contributed by atoms with Crippen LogP contribution in [0.5, 0.6) is 0 Å². The van der Waals surface area contributed by atoms with Gasteiger partial charge in [0.25, 0.3) is 0 Å². The third-order valence-corrected chi connectivity index (χ3v) is 4.61. The Morgan fingerprint density at radius 1 is 1.13 bits per heavy atom. The number of hydrogen-bond donors (Lipinski definition) is 6. The molecule has 0 aliphatic carbocycles. The average molecular weight is 346 g/mol. The van der Waals surface area contributed by atoms with Gasteiger partial charge in [0.05, 0.1) is 5.69 Å². The van der Waals surface area contributed by atoms with Crippen LogP contribution in [0.25, 0.3) is 0 Å². The van der Waals surface area contributed by atoms with Crippen LogP contribution >= 0.6 is 11.6 Å². The molecule has 2 heterocycles. The molecule has 8 nitrogen and oxygen atoms in total. The van der Waals surface area contributed by atoms with Crippen LogP contribution < -0.4 is 0 Å². The van der Waals surface area contributed by atoms with Gasteiger partial charge in [0.15, 0.2) is 23.1 Å². The summed E-state index contributed by atoms with van der Waals surface area (Å²) in [5.74, 6) is 0. The molecule has 3 rings (SSSR count). The van der Waals surface area contributed by atoms with E-state index in [0.717, 1.165) is 6.21 Å². The highest BCUT2D eigenvalue weighted by molar-refractivity contribution is 6.19. The lowest BCUT2D eigenvalue weighted by Crippen LogP contribution is -2.75. The molecule has 1 saturated heterocycles. The molecular formula is C14H16ClNO7. The maximum atomic E-state index is 11.0. The van der Waals surface area contributed by atoms with Crippen molar-refractivity contribution in [2.75, 3.05) is 0 Å². The van der Waals surface area contributed by atoms with Gasteiger partial charge >= 0.3 is 0 Å². The van der Waals surface area contributed by atoms with E-state index in [1.807, 2.05) is 0 Å². The van der Waals surface area contributed by atoms with E-state index in [9.17, 15) is 30.6 Å². The van der Waals surface area contributed by atoms with E-state index in [1.54, 1.807) is 18.2 Å². The van der Waals surface area contributed by atoms with Crippen LogP contribution in [0.4, 0.5) is 5.69 Å². The van der Waals surface area contributed by atoms with Crippen molar-refractivity contribution in [2.45, 2.75) is 41.4 Å². The van der Waals surface area contributed by atoms with Crippen LogP contribution in [-0.2, 0) is 10.3 Å². The van der Waals surface area contributed by atoms with Crippen LogP contribution in [0.15, 0.2) is 29.3 Å². The number of ether oxygens (including phenoxy) is 1. The SMILES string of the molecule is OC(Cl)[C@H]1O[C@H](O)[C@@H](O)[C@](O)(C2(O)C=Nc3ccccc32)[C@@H]1O. The quantitative estimate of drug-likeness (QED) is 0.351. The highest BCUT2D eigenvalue weighted by atomic mass is 35.5. The molecule has 6 N–H and O–H groups in total. The fourth-order valence-electron chi connectivity index (χ4n) is 3.08. The molecule has 0 bridgehead atoms. The van der Waals surface area contributed by atoms with Gasteiger partial charge in [-0.05, 0) is 6.07 Å². The minimum Gasteiger partial charge on any atom is -0.387 e. The van der Waals surface area contributed by atoms with Gasteiger partial charge in [0, 0.05) is 11.8 Å². The minimum atomic E-state index is -2.72. The number of fused-ring (bicyclic) bond motifs is 1. The van der Waals surface area contributed by atoms with Gasteiger partial charge in [0.2, 0.25) is 0 Å². The molecule has 7 atom stereocenters. The van der Waals surface area contributed by atoms with Crippen LogP contribution in [-0.4, -0.2) is 72.6 Å². The lowest BCUT2D eigenvalue weighted by atomic mass is 9.69. The number of aliphatic hydroxyl groups excluding tert-OH is 4. The molecule has 0 aromatic heterocycles. The number of benzene rings is 1. The predicted molar refractivity (Wildman–Crippen MR) is 78.2 cm³/mol. The van der Waals surface area contributed by atoms with Crippen molar-refractivity contribution in [3.05, 3.63) is 29.8 Å². The highest BCUT2D eigenvalue weighted by Gasteiger charge is 2.67. The van der Waals surface area contributed by atoms with Gasteiger partial charge in [-0.3, -0.25) is 4.99 Å². The van der Waals surface area contributed by atoms with Gasteiger partial charge in [-0.2, -0.15) is 0 Å². The first-order chi connectivity index (χ1) is 10.7. The Kier molecular flexibility index (Phi) is 3.98. The molecule has 0 saturated carbocycles. The molecule has 1 aromatic rings. The number of alkyl halides is 1. The van der Waals surface area contributed by atoms with E-state index in [-0.39, 0.29) is 5.56 Å². The predicted octanol–water partition coefficient (Wildman–Crippen LogP) is -1.68. The van der Waals surface area contributed by atoms with E-state index in [2.05, 4.69) is 4.99 Å². The maximum absolute atomic E-state index is 11.0. The van der Waals surface area contributed by atoms with E-state index in [4.69, 9.17) is 16.3 Å². The fourth-order valence-corrected chi connectivity index (χ4v) is 3.28. The molecule has 0 amide bonds. The second kappa shape index (κ2) is 5.47. The zero-order valence-corrected chi connectivity index (χ0v) is 12.4. The number of para-hydroxylation sites is 1. The lowest BCUT2D eigenvalue weighted by molar-refractivity contribution is -0.351. The number of hydrogen-bond acceptors (Lipinski definition) is 8. The topological polar surface area (TPSA) is 143 Å². The Morgan fingerprint density at radius 2 is 1.78 bits per heavy atom. The Hall–Kier alpha value is -1.10.